The molecule has 1 spiro atoms. The summed E-state index contributed by atoms with van der Waals surface area (Å²) in [4.78, 5) is 31.8. The number of aryl methyl sites for hydroxylation is 1. The van der Waals surface area contributed by atoms with Gasteiger partial charge in [0.15, 0.2) is 12.2 Å². The van der Waals surface area contributed by atoms with Crippen molar-refractivity contribution in [1.82, 2.24) is 15.0 Å². The van der Waals surface area contributed by atoms with Crippen molar-refractivity contribution in [3.8, 4) is 5.75 Å². The van der Waals surface area contributed by atoms with Crippen LogP contribution < -0.4 is 14.5 Å². The van der Waals surface area contributed by atoms with Crippen molar-refractivity contribution in [3.63, 3.8) is 0 Å². The second-order valence-corrected chi connectivity index (χ2v) is 18.1. The topological polar surface area (TPSA) is 110 Å². The molecule has 1 N–H and O–H groups in total. The molecule has 1 aromatic heterocycles. The van der Waals surface area contributed by atoms with E-state index in [1.165, 1.54) is 0 Å². The molecule has 3 aliphatic rings. The minimum absolute atomic E-state index is 0.122. The number of fused-ring (bicyclic) bond motifs is 3. The molecule has 1 saturated heterocycles. The van der Waals surface area contributed by atoms with Gasteiger partial charge in [0.25, 0.3) is 11.8 Å². The van der Waals surface area contributed by atoms with Gasteiger partial charge in [-0.3, -0.25) is 19.2 Å². The molecule has 2 amide bonds. The summed E-state index contributed by atoms with van der Waals surface area (Å²) >= 11 is 0. The number of para-hydroxylation sites is 2. The zero-order valence-corrected chi connectivity index (χ0v) is 30.2. The molecule has 10 nitrogen and oxygen atoms in total. The number of carbonyl (C=O) groups excluding carboxylic acids is 2. The number of hydrogen-bond donors (Lipinski definition) is 1. The Hall–Kier alpha value is -5.17. The molecule has 0 saturated carbocycles. The van der Waals surface area contributed by atoms with Gasteiger partial charge in [-0.2, -0.15) is 0 Å². The highest BCUT2D eigenvalue weighted by Crippen LogP contribution is 2.61. The molecule has 3 aliphatic heterocycles. The molecule has 5 aromatic rings. The molecule has 0 bridgehead atoms. The van der Waals surface area contributed by atoms with Crippen LogP contribution in [0.25, 0.3) is 0 Å². The van der Waals surface area contributed by atoms with Crippen LogP contribution in [0.15, 0.2) is 109 Å². The highest BCUT2D eigenvalue weighted by atomic mass is 28.4. The van der Waals surface area contributed by atoms with Crippen molar-refractivity contribution < 1.29 is 28.3 Å². The van der Waals surface area contributed by atoms with Crippen LogP contribution in [0.5, 0.6) is 5.75 Å². The number of rotatable bonds is 9. The maximum atomic E-state index is 16.6. The Morgan fingerprint density at radius 3 is 2.42 bits per heavy atom. The fourth-order valence-corrected chi connectivity index (χ4v) is 10.9. The molecule has 5 atom stereocenters. The third kappa shape index (κ3) is 5.71. The lowest BCUT2D eigenvalue weighted by Gasteiger charge is -2.32. The maximum Gasteiger partial charge on any atom is 0.269 e. The van der Waals surface area contributed by atoms with Crippen molar-refractivity contribution in [2.75, 3.05) is 16.4 Å². The van der Waals surface area contributed by atoms with E-state index < -0.39 is 37.7 Å². The number of amides is 2. The van der Waals surface area contributed by atoms with Crippen LogP contribution in [0.2, 0.25) is 18.6 Å². The van der Waals surface area contributed by atoms with Gasteiger partial charge in [-0.1, -0.05) is 84.9 Å². The number of ether oxygens (including phenoxy) is 2. The molecule has 52 heavy (non-hydrogen) atoms. The van der Waals surface area contributed by atoms with Crippen molar-refractivity contribution in [2.45, 2.75) is 62.9 Å². The van der Waals surface area contributed by atoms with Crippen LogP contribution in [0.3, 0.4) is 0 Å². The lowest BCUT2D eigenvalue weighted by molar-refractivity contribution is -0.146. The summed E-state index contributed by atoms with van der Waals surface area (Å²) in [6.07, 6.45) is 0.516. The van der Waals surface area contributed by atoms with Crippen molar-refractivity contribution in [1.29, 1.82) is 0 Å². The Bertz CT molecular complexity index is 2130. The first kappa shape index (κ1) is 33.9. The zero-order valence-electron chi connectivity index (χ0n) is 29.2. The number of benzene rings is 4. The Morgan fingerprint density at radius 2 is 1.67 bits per heavy atom. The van der Waals surface area contributed by atoms with Gasteiger partial charge in [-0.05, 0) is 61.0 Å². The molecule has 0 radical (unpaired) electrons. The highest BCUT2D eigenvalue weighted by molar-refractivity contribution is 6.72. The predicted octanol–water partition coefficient (Wildman–Crippen LogP) is 6.83. The van der Waals surface area contributed by atoms with E-state index in [0.717, 1.165) is 5.56 Å². The molecule has 4 heterocycles. The van der Waals surface area contributed by atoms with Gasteiger partial charge < -0.3 is 23.6 Å². The van der Waals surface area contributed by atoms with Crippen LogP contribution in [0.1, 0.15) is 41.8 Å². The number of nitrogens with zero attached hydrogens (tertiary/aromatic N) is 5. The number of aliphatic hydroxyl groups is 1. The Morgan fingerprint density at radius 1 is 0.962 bits per heavy atom. The molecule has 0 aliphatic carbocycles. The van der Waals surface area contributed by atoms with E-state index in [9.17, 15) is 14.7 Å². The molecule has 266 valence electrons. The van der Waals surface area contributed by atoms with Gasteiger partial charge in [-0.25, -0.2) is 0 Å². The molecule has 4 aromatic carbocycles. The van der Waals surface area contributed by atoms with Gasteiger partial charge in [0, 0.05) is 29.3 Å². The van der Waals surface area contributed by atoms with Crippen molar-refractivity contribution in [3.05, 3.63) is 132 Å². The van der Waals surface area contributed by atoms with E-state index in [-0.39, 0.29) is 18.4 Å². The number of carbonyl (C=O) groups is 2. The highest BCUT2D eigenvalue weighted by Gasteiger charge is 2.66. The van der Waals surface area contributed by atoms with Gasteiger partial charge in [0.1, 0.15) is 17.5 Å². The summed E-state index contributed by atoms with van der Waals surface area (Å²) in [5, 5.41) is 19.4. The largest absolute Gasteiger partial charge is 0.482 e. The second-order valence-electron chi connectivity index (χ2n) is 14.3. The lowest BCUT2D eigenvalue weighted by atomic mass is 9.82. The summed E-state index contributed by atoms with van der Waals surface area (Å²) in [5.74, 6) is -0.423. The Labute approximate surface area is 302 Å². The Kier molecular flexibility index (Phi) is 8.55. The third-order valence-electron chi connectivity index (χ3n) is 10.7. The van der Waals surface area contributed by atoms with Crippen LogP contribution in [-0.4, -0.2) is 53.0 Å². The number of aliphatic hydroxyl groups excluding tert-OH is 1. The van der Waals surface area contributed by atoms with Gasteiger partial charge in [-0.15, -0.1) is 5.10 Å². The van der Waals surface area contributed by atoms with Crippen LogP contribution in [0, 0.1) is 5.92 Å². The van der Waals surface area contributed by atoms with E-state index in [2.05, 4.69) is 10.3 Å². The quantitative estimate of drug-likeness (QED) is 0.132. The summed E-state index contributed by atoms with van der Waals surface area (Å²) in [6.45, 7) is 5.81. The molecule has 8 rings (SSSR count). The van der Waals surface area contributed by atoms with E-state index in [1.807, 2.05) is 110 Å². The molecular weight excluding hydrogens is 678 g/mol. The molecule has 12 heteroatoms. The molecule has 1 fully saturated rings. The second kappa shape index (κ2) is 13.1. The normalized spacial score (nSPS) is 23.1. The van der Waals surface area contributed by atoms with E-state index in [4.69, 9.17) is 9.47 Å². The summed E-state index contributed by atoms with van der Waals surface area (Å²) in [6, 6.07) is 31.9. The average molecular weight is 718 g/mol. The minimum atomic E-state index is -3.45. The first-order valence-electron chi connectivity index (χ1n) is 17.6. The van der Waals surface area contributed by atoms with Crippen molar-refractivity contribution in [2.24, 2.45) is 5.92 Å². The average Bonchev–Trinajstić information content (AvgIpc) is 3.81. The number of aromatic nitrogens is 3. The smallest absolute Gasteiger partial charge is 0.269 e. The number of halogens is 1. The molecule has 0 unspecified atom stereocenters. The van der Waals surface area contributed by atoms with Crippen molar-refractivity contribution >= 4 is 37.3 Å². The van der Waals surface area contributed by atoms with Crippen LogP contribution in [-0.2, 0) is 33.0 Å². The van der Waals surface area contributed by atoms with E-state index in [1.54, 1.807) is 33.8 Å². The minimum Gasteiger partial charge on any atom is -0.482 e. The lowest BCUT2D eigenvalue weighted by Crippen LogP contribution is -2.45. The third-order valence-corrected chi connectivity index (χ3v) is 13.1. The predicted molar refractivity (Wildman–Crippen MR) is 196 cm³/mol. The summed E-state index contributed by atoms with van der Waals surface area (Å²) in [5.41, 5.74) is 2.51. The SMILES string of the molecule is C[C@@H]1[C@@H]([Si](C)(C)F)[C@H](CCn2cc([C@H](O)c3ccccc3)nn2)O[C@@]12C(=O)N(Cc1ccccc1)c1ccc(N3C(=O)COc4ccccc43)cc12. The van der Waals surface area contributed by atoms with Gasteiger partial charge in [0.05, 0.1) is 30.2 Å². The van der Waals surface area contributed by atoms with E-state index in [0.29, 0.717) is 59.1 Å². The Balaban J connectivity index is 1.17. The first-order chi connectivity index (χ1) is 25.1. The van der Waals surface area contributed by atoms with Crippen LogP contribution in [0.4, 0.5) is 21.2 Å². The van der Waals surface area contributed by atoms with E-state index >= 15 is 4.11 Å². The summed E-state index contributed by atoms with van der Waals surface area (Å²) in [7, 11) is -3.45. The summed E-state index contributed by atoms with van der Waals surface area (Å²) < 4.78 is 31.0. The standard InChI is InChI=1S/C40H40FN5O5Si/c1-26-38(52(2,3)41)35(20-21-44-24-31(42-43-44)37(48)28-14-8-5-9-15-28)51-40(26)30-22-29(46-33-16-10-11-17-34(33)50-25-36(46)47)18-19-32(30)45(39(40)49)23-27-12-6-4-7-13-27/h4-19,22,24,26,35,37-38,48H,20-21,23,25H2,1-3H3/t26-,35+,37-,38-,40+/m1/s1. The first-order valence-corrected chi connectivity index (χ1v) is 20.6. The monoisotopic (exact) mass is 717 g/mol. The number of hydrogen-bond acceptors (Lipinski definition) is 7. The van der Waals surface area contributed by atoms with Gasteiger partial charge in [0.2, 0.25) is 8.41 Å². The zero-order chi connectivity index (χ0) is 36.2. The fourth-order valence-electron chi connectivity index (χ4n) is 8.37. The fraction of sp³-hybridized carbons (Fsp3) is 0.300. The number of anilines is 3. The van der Waals surface area contributed by atoms with Gasteiger partial charge >= 0.3 is 0 Å². The molecular formula is C40H40FN5O5Si. The van der Waals surface area contributed by atoms with Crippen LogP contribution >= 0.6 is 0 Å². The maximum absolute atomic E-state index is 16.6.